The second kappa shape index (κ2) is 7.49. The molecule has 28 heavy (non-hydrogen) atoms. The number of carbonyl (C=O) groups excluding carboxylic acids is 2. The van der Waals surface area contributed by atoms with Gasteiger partial charge in [0.1, 0.15) is 5.78 Å². The topological polar surface area (TPSA) is 125 Å². The molecule has 2 atom stereocenters. The van der Waals surface area contributed by atoms with Crippen molar-refractivity contribution < 1.29 is 23.7 Å². The number of hydrogen-bond donors (Lipinski definition) is 0. The number of aromatic nitrogens is 2. The second-order valence-corrected chi connectivity index (χ2v) is 7.31. The molecule has 2 bridgehead atoms. The van der Waals surface area contributed by atoms with Gasteiger partial charge in [0.15, 0.2) is 6.61 Å². The summed E-state index contributed by atoms with van der Waals surface area (Å²) in [7, 11) is 0. The lowest BCUT2D eigenvalue weighted by atomic mass is 9.67. The maximum absolute atomic E-state index is 12.4. The predicted molar refractivity (Wildman–Crippen MR) is 94.7 cm³/mol. The summed E-state index contributed by atoms with van der Waals surface area (Å²) in [6.07, 6.45) is 3.90. The van der Waals surface area contributed by atoms with Gasteiger partial charge in [0, 0.05) is 29.5 Å². The zero-order valence-corrected chi connectivity index (χ0v) is 15.1. The molecule has 0 N–H and O–H groups in total. The Morgan fingerprint density at radius 2 is 1.86 bits per heavy atom. The Kier molecular flexibility index (Phi) is 4.89. The molecule has 2 fully saturated rings. The van der Waals surface area contributed by atoms with Crippen molar-refractivity contribution in [3.63, 3.8) is 0 Å². The lowest BCUT2D eigenvalue weighted by Crippen LogP contribution is -2.39. The predicted octanol–water partition coefficient (Wildman–Crippen LogP) is 3.08. The zero-order chi connectivity index (χ0) is 19.7. The summed E-state index contributed by atoms with van der Waals surface area (Å²) in [5, 5.41) is 18.4. The van der Waals surface area contributed by atoms with E-state index in [1.165, 1.54) is 24.3 Å². The highest BCUT2D eigenvalue weighted by atomic mass is 16.6. The fourth-order valence-electron chi connectivity index (χ4n) is 4.08. The lowest BCUT2D eigenvalue weighted by Gasteiger charge is -2.36. The number of Topliss-reactive ketones (excluding diaryl/α,β-unsaturated/α-hetero) is 1. The summed E-state index contributed by atoms with van der Waals surface area (Å²) >= 11 is 0. The molecule has 1 heterocycles. The molecule has 0 saturated heterocycles. The van der Waals surface area contributed by atoms with Crippen LogP contribution in [0.25, 0.3) is 11.5 Å². The van der Waals surface area contributed by atoms with Crippen molar-refractivity contribution in [2.45, 2.75) is 38.7 Å². The van der Waals surface area contributed by atoms with E-state index in [1.807, 2.05) is 0 Å². The second-order valence-electron chi connectivity index (χ2n) is 7.31. The van der Waals surface area contributed by atoms with E-state index < -0.39 is 4.92 Å². The number of esters is 1. The summed E-state index contributed by atoms with van der Waals surface area (Å²) in [6.45, 7) is -0.140. The first kappa shape index (κ1) is 18.3. The molecule has 2 unspecified atom stereocenters. The van der Waals surface area contributed by atoms with Crippen molar-refractivity contribution in [2.24, 2.45) is 17.8 Å². The van der Waals surface area contributed by atoms with Crippen molar-refractivity contribution >= 4 is 17.4 Å². The van der Waals surface area contributed by atoms with Gasteiger partial charge in [-0.25, -0.2) is 0 Å². The summed E-state index contributed by atoms with van der Waals surface area (Å²) in [6, 6.07) is 5.72. The van der Waals surface area contributed by atoms with Gasteiger partial charge < -0.3 is 9.15 Å². The fraction of sp³-hybridized carbons (Fsp3) is 0.474. The van der Waals surface area contributed by atoms with Crippen molar-refractivity contribution in [3.05, 3.63) is 40.3 Å². The molecule has 0 spiro atoms. The molecule has 1 aromatic carbocycles. The molecule has 0 amide bonds. The van der Waals surface area contributed by atoms with Gasteiger partial charge in [-0.2, -0.15) is 0 Å². The van der Waals surface area contributed by atoms with E-state index in [0.29, 0.717) is 24.2 Å². The van der Waals surface area contributed by atoms with Crippen LogP contribution in [-0.2, 0) is 20.9 Å². The Morgan fingerprint density at radius 3 is 2.50 bits per heavy atom. The molecule has 2 aliphatic rings. The molecule has 2 aliphatic carbocycles. The van der Waals surface area contributed by atoms with E-state index in [2.05, 4.69) is 10.2 Å². The van der Waals surface area contributed by atoms with E-state index in [-0.39, 0.29) is 47.8 Å². The number of fused-ring (bicyclic) bond motifs is 2. The number of rotatable bonds is 5. The molecule has 9 nitrogen and oxygen atoms in total. The van der Waals surface area contributed by atoms with E-state index in [9.17, 15) is 19.7 Å². The largest absolute Gasteiger partial charge is 0.455 e. The van der Waals surface area contributed by atoms with E-state index in [1.54, 1.807) is 0 Å². The smallest absolute Gasteiger partial charge is 0.309 e. The summed E-state index contributed by atoms with van der Waals surface area (Å²) < 4.78 is 10.8. The third-order valence-electron chi connectivity index (χ3n) is 5.51. The van der Waals surface area contributed by atoms with Gasteiger partial charge in [-0.1, -0.05) is 6.42 Å². The van der Waals surface area contributed by atoms with Gasteiger partial charge >= 0.3 is 5.97 Å². The Labute approximate surface area is 160 Å². The quantitative estimate of drug-likeness (QED) is 0.437. The lowest BCUT2D eigenvalue weighted by molar-refractivity contribution is -0.384. The first-order chi connectivity index (χ1) is 13.5. The number of non-ortho nitro benzene ring substituents is 1. The van der Waals surface area contributed by atoms with Crippen LogP contribution in [0.2, 0.25) is 0 Å². The van der Waals surface area contributed by atoms with Gasteiger partial charge in [0.25, 0.3) is 11.6 Å². The number of ether oxygens (including phenoxy) is 1. The maximum Gasteiger partial charge on any atom is 0.309 e. The summed E-state index contributed by atoms with van der Waals surface area (Å²) in [5.74, 6) is 0.0291. The van der Waals surface area contributed by atoms with Gasteiger partial charge in [0.2, 0.25) is 5.89 Å². The molecule has 0 aliphatic heterocycles. The summed E-state index contributed by atoms with van der Waals surface area (Å²) in [5.41, 5.74) is 0.502. The Balaban J connectivity index is 1.35. The van der Waals surface area contributed by atoms with Gasteiger partial charge in [-0.3, -0.25) is 19.7 Å². The number of benzene rings is 1. The SMILES string of the molecule is O=C(OCc1nnc(-c2ccc([N+](=O)[O-])cc2)o1)C1CC2CCCC(C1)C2=O. The number of nitro benzene ring substituents is 1. The number of nitrogens with zero attached hydrogens (tertiary/aromatic N) is 3. The zero-order valence-electron chi connectivity index (χ0n) is 15.1. The minimum absolute atomic E-state index is 0.0119. The average molecular weight is 385 g/mol. The molecular weight excluding hydrogens is 366 g/mol. The Bertz CT molecular complexity index is 891. The number of hydrogen-bond acceptors (Lipinski definition) is 8. The molecule has 9 heteroatoms. The molecule has 0 radical (unpaired) electrons. The van der Waals surface area contributed by atoms with Gasteiger partial charge in [-0.15, -0.1) is 10.2 Å². The van der Waals surface area contributed by atoms with Gasteiger partial charge in [0.05, 0.1) is 10.8 Å². The van der Waals surface area contributed by atoms with Crippen molar-refractivity contribution in [1.82, 2.24) is 10.2 Å². The van der Waals surface area contributed by atoms with E-state index in [0.717, 1.165) is 19.3 Å². The molecule has 146 valence electrons. The van der Waals surface area contributed by atoms with Crippen LogP contribution in [0.15, 0.2) is 28.7 Å². The molecule has 1 aromatic heterocycles. The molecule has 2 saturated carbocycles. The first-order valence-electron chi connectivity index (χ1n) is 9.29. The normalized spacial score (nSPS) is 24.0. The highest BCUT2D eigenvalue weighted by Gasteiger charge is 2.41. The van der Waals surface area contributed by atoms with Crippen LogP contribution in [0.3, 0.4) is 0 Å². The van der Waals surface area contributed by atoms with Crippen LogP contribution >= 0.6 is 0 Å². The van der Waals surface area contributed by atoms with Crippen molar-refractivity contribution in [3.8, 4) is 11.5 Å². The third kappa shape index (κ3) is 3.64. The molecule has 2 aromatic rings. The monoisotopic (exact) mass is 385 g/mol. The Morgan fingerprint density at radius 1 is 1.18 bits per heavy atom. The molecule has 4 rings (SSSR count). The highest BCUT2D eigenvalue weighted by molar-refractivity contribution is 5.87. The fourth-order valence-corrected chi connectivity index (χ4v) is 4.08. The van der Waals surface area contributed by atoms with E-state index in [4.69, 9.17) is 9.15 Å². The third-order valence-corrected chi connectivity index (χ3v) is 5.51. The van der Waals surface area contributed by atoms with Gasteiger partial charge in [-0.05, 0) is 37.8 Å². The minimum Gasteiger partial charge on any atom is -0.455 e. The standard InChI is InChI=1S/C19H19N3O6/c23-17-12-2-1-3-13(17)9-14(8-12)19(24)27-10-16-20-21-18(28-16)11-4-6-15(7-5-11)22(25)26/h4-7,12-14H,1-3,8-10H2. The molecular formula is C19H19N3O6. The van der Waals surface area contributed by atoms with Crippen LogP contribution in [-0.4, -0.2) is 26.9 Å². The van der Waals surface area contributed by atoms with Crippen molar-refractivity contribution in [2.75, 3.05) is 0 Å². The van der Waals surface area contributed by atoms with Crippen LogP contribution in [0.5, 0.6) is 0 Å². The highest BCUT2D eigenvalue weighted by Crippen LogP contribution is 2.40. The van der Waals surface area contributed by atoms with Crippen molar-refractivity contribution in [1.29, 1.82) is 0 Å². The minimum atomic E-state index is -0.491. The average Bonchev–Trinajstić information content (AvgIpc) is 3.15. The first-order valence-corrected chi connectivity index (χ1v) is 9.29. The van der Waals surface area contributed by atoms with Crippen LogP contribution < -0.4 is 0 Å². The number of carbonyl (C=O) groups is 2. The number of ketones is 1. The Hall–Kier alpha value is -3.10. The van der Waals surface area contributed by atoms with E-state index >= 15 is 0 Å². The maximum atomic E-state index is 12.4. The number of nitro groups is 1. The van der Waals surface area contributed by atoms with Crippen LogP contribution in [0.1, 0.15) is 38.0 Å². The summed E-state index contributed by atoms with van der Waals surface area (Å²) in [4.78, 5) is 34.7. The van der Waals surface area contributed by atoms with Crippen LogP contribution in [0, 0.1) is 27.9 Å². The van der Waals surface area contributed by atoms with Crippen LogP contribution in [0.4, 0.5) is 5.69 Å².